The minimum atomic E-state index is -0.670. The maximum atomic E-state index is 13.6. The first-order valence-electron chi connectivity index (χ1n) is 4.40. The Labute approximate surface area is 105 Å². The van der Waals surface area contributed by atoms with Gasteiger partial charge in [0.15, 0.2) is 0 Å². The molecule has 0 amide bonds. The highest BCUT2D eigenvalue weighted by molar-refractivity contribution is 9.10. The van der Waals surface area contributed by atoms with E-state index >= 15 is 0 Å². The van der Waals surface area contributed by atoms with Crippen LogP contribution in [0, 0.1) is 17.7 Å². The molecule has 4 heteroatoms. The zero-order chi connectivity index (χ0) is 11.7. The fourth-order valence-corrected chi connectivity index (χ4v) is 2.01. The molecular formula is C12H5BrClF2. The quantitative estimate of drug-likeness (QED) is 0.706. The van der Waals surface area contributed by atoms with Gasteiger partial charge in [-0.15, -0.1) is 0 Å². The first kappa shape index (κ1) is 11.6. The van der Waals surface area contributed by atoms with Crippen LogP contribution in [-0.4, -0.2) is 0 Å². The molecule has 0 aliphatic rings. The third-order valence-corrected chi connectivity index (χ3v) is 2.83. The van der Waals surface area contributed by atoms with Crippen LogP contribution < -0.4 is 0 Å². The Kier molecular flexibility index (Phi) is 3.26. The lowest BCUT2D eigenvalue weighted by atomic mass is 10.0. The lowest BCUT2D eigenvalue weighted by molar-refractivity contribution is 0.588. The van der Waals surface area contributed by atoms with Crippen LogP contribution in [0.4, 0.5) is 8.78 Å². The van der Waals surface area contributed by atoms with Gasteiger partial charge in [0, 0.05) is 15.1 Å². The van der Waals surface area contributed by atoms with Gasteiger partial charge in [-0.25, -0.2) is 8.78 Å². The molecule has 0 saturated heterocycles. The van der Waals surface area contributed by atoms with E-state index in [0.29, 0.717) is 4.47 Å². The van der Waals surface area contributed by atoms with Crippen molar-refractivity contribution in [3.8, 4) is 11.1 Å². The second-order valence-electron chi connectivity index (χ2n) is 3.14. The minimum absolute atomic E-state index is 0.159. The third kappa shape index (κ3) is 2.11. The van der Waals surface area contributed by atoms with Crippen molar-refractivity contribution >= 4 is 27.5 Å². The number of hydrogen-bond acceptors (Lipinski definition) is 0. The SMILES string of the molecule is Fc1cc(Br)cc(F)c1-c1[c]cccc1Cl. The highest BCUT2D eigenvalue weighted by atomic mass is 79.9. The zero-order valence-corrected chi connectivity index (χ0v) is 10.2. The zero-order valence-electron chi connectivity index (χ0n) is 7.90. The lowest BCUT2D eigenvalue weighted by Gasteiger charge is -2.07. The Balaban J connectivity index is 2.70. The number of benzene rings is 2. The molecule has 0 spiro atoms. The summed E-state index contributed by atoms with van der Waals surface area (Å²) in [4.78, 5) is 0. The van der Waals surface area contributed by atoms with Gasteiger partial charge in [-0.1, -0.05) is 39.7 Å². The van der Waals surface area contributed by atoms with Crippen LogP contribution in [0.25, 0.3) is 11.1 Å². The predicted octanol–water partition coefficient (Wildman–Crippen LogP) is 4.85. The summed E-state index contributed by atoms with van der Waals surface area (Å²) < 4.78 is 27.6. The second kappa shape index (κ2) is 4.52. The molecule has 16 heavy (non-hydrogen) atoms. The van der Waals surface area contributed by atoms with Crippen LogP contribution in [0.2, 0.25) is 5.02 Å². The predicted molar refractivity (Wildman–Crippen MR) is 63.3 cm³/mol. The van der Waals surface area contributed by atoms with Crippen LogP contribution in [0.5, 0.6) is 0 Å². The smallest absolute Gasteiger partial charge is 0.135 e. The minimum Gasteiger partial charge on any atom is -0.206 e. The summed E-state index contributed by atoms with van der Waals surface area (Å²) in [6.45, 7) is 0. The highest BCUT2D eigenvalue weighted by Crippen LogP contribution is 2.33. The number of rotatable bonds is 1. The van der Waals surface area contributed by atoms with E-state index < -0.39 is 11.6 Å². The molecule has 0 heterocycles. The molecule has 0 aliphatic carbocycles. The van der Waals surface area contributed by atoms with Crippen LogP contribution in [0.1, 0.15) is 0 Å². The van der Waals surface area contributed by atoms with Crippen LogP contribution in [0.15, 0.2) is 34.8 Å². The highest BCUT2D eigenvalue weighted by Gasteiger charge is 2.15. The molecular weight excluding hydrogens is 297 g/mol. The van der Waals surface area contributed by atoms with Crippen LogP contribution in [-0.2, 0) is 0 Å². The van der Waals surface area contributed by atoms with Gasteiger partial charge in [0.1, 0.15) is 11.6 Å². The van der Waals surface area contributed by atoms with E-state index in [2.05, 4.69) is 22.0 Å². The van der Waals surface area contributed by atoms with Crippen molar-refractivity contribution in [1.82, 2.24) is 0 Å². The number of hydrogen-bond donors (Lipinski definition) is 0. The fourth-order valence-electron chi connectivity index (χ4n) is 1.39. The van der Waals surface area contributed by atoms with Gasteiger partial charge in [-0.2, -0.15) is 0 Å². The van der Waals surface area contributed by atoms with E-state index in [0.717, 1.165) is 0 Å². The Hall–Kier alpha value is -0.930. The Morgan fingerprint density at radius 3 is 2.38 bits per heavy atom. The summed E-state index contributed by atoms with van der Waals surface area (Å²) in [5, 5.41) is 0.266. The molecule has 0 aromatic heterocycles. The maximum absolute atomic E-state index is 13.6. The molecule has 0 unspecified atom stereocenters. The van der Waals surface area contributed by atoms with Gasteiger partial charge < -0.3 is 0 Å². The van der Waals surface area contributed by atoms with Gasteiger partial charge >= 0.3 is 0 Å². The van der Waals surface area contributed by atoms with E-state index in [1.165, 1.54) is 12.1 Å². The van der Waals surface area contributed by atoms with Crippen molar-refractivity contribution < 1.29 is 8.78 Å². The van der Waals surface area contributed by atoms with E-state index in [9.17, 15) is 8.78 Å². The van der Waals surface area contributed by atoms with Crippen LogP contribution in [0.3, 0.4) is 0 Å². The summed E-state index contributed by atoms with van der Waals surface area (Å²) in [5.41, 5.74) is 0.0699. The number of halogens is 4. The third-order valence-electron chi connectivity index (χ3n) is 2.06. The molecule has 0 bridgehead atoms. The standard InChI is InChI=1S/C12H5BrClF2/c13-7-5-10(15)12(11(16)6-7)8-3-1-2-4-9(8)14/h1-2,4-6H. The molecule has 81 valence electrons. The van der Waals surface area contributed by atoms with Crippen molar-refractivity contribution in [2.75, 3.05) is 0 Å². The molecule has 0 nitrogen and oxygen atoms in total. The summed E-state index contributed by atoms with van der Waals surface area (Å²) in [5.74, 6) is -1.34. The van der Waals surface area contributed by atoms with E-state index in [1.54, 1.807) is 18.2 Å². The first-order valence-corrected chi connectivity index (χ1v) is 5.58. The Bertz CT molecular complexity index is 517. The van der Waals surface area contributed by atoms with Gasteiger partial charge in [0.2, 0.25) is 0 Å². The largest absolute Gasteiger partial charge is 0.206 e. The average Bonchev–Trinajstić information content (AvgIpc) is 2.19. The van der Waals surface area contributed by atoms with Crippen molar-refractivity contribution in [3.05, 3.63) is 57.5 Å². The average molecular weight is 303 g/mol. The summed E-state index contributed by atoms with van der Waals surface area (Å²) >= 11 is 8.88. The normalized spacial score (nSPS) is 10.5. The van der Waals surface area contributed by atoms with Crippen molar-refractivity contribution in [3.63, 3.8) is 0 Å². The van der Waals surface area contributed by atoms with Gasteiger partial charge in [0.25, 0.3) is 0 Å². The fraction of sp³-hybridized carbons (Fsp3) is 0. The Morgan fingerprint density at radius 2 is 1.81 bits per heavy atom. The first-order chi connectivity index (χ1) is 7.59. The molecule has 0 aliphatic heterocycles. The molecule has 0 saturated carbocycles. The molecule has 1 radical (unpaired) electrons. The molecule has 2 rings (SSSR count). The molecule has 2 aromatic rings. The molecule has 0 atom stereocenters. The summed E-state index contributed by atoms with van der Waals surface area (Å²) in [7, 11) is 0. The molecule has 2 aromatic carbocycles. The van der Waals surface area contributed by atoms with Crippen molar-refractivity contribution in [2.24, 2.45) is 0 Å². The van der Waals surface area contributed by atoms with Gasteiger partial charge in [0.05, 0.1) is 5.56 Å². The molecule has 0 fully saturated rings. The Morgan fingerprint density at radius 1 is 1.19 bits per heavy atom. The van der Waals surface area contributed by atoms with Crippen molar-refractivity contribution in [2.45, 2.75) is 0 Å². The van der Waals surface area contributed by atoms with Gasteiger partial charge in [-0.3, -0.25) is 0 Å². The van der Waals surface area contributed by atoms with E-state index in [4.69, 9.17) is 11.6 Å². The monoisotopic (exact) mass is 301 g/mol. The molecule has 0 N–H and O–H groups in total. The summed E-state index contributed by atoms with van der Waals surface area (Å²) in [6.07, 6.45) is 0. The van der Waals surface area contributed by atoms with Crippen LogP contribution >= 0.6 is 27.5 Å². The lowest BCUT2D eigenvalue weighted by Crippen LogP contribution is -1.91. The van der Waals surface area contributed by atoms with E-state index in [-0.39, 0.29) is 16.1 Å². The van der Waals surface area contributed by atoms with Gasteiger partial charge in [-0.05, 0) is 24.3 Å². The van der Waals surface area contributed by atoms with E-state index in [1.807, 2.05) is 0 Å². The maximum Gasteiger partial charge on any atom is 0.135 e. The second-order valence-corrected chi connectivity index (χ2v) is 4.46. The summed E-state index contributed by atoms with van der Waals surface area (Å²) in [6, 6.07) is 9.88. The topological polar surface area (TPSA) is 0 Å². The van der Waals surface area contributed by atoms with Crippen molar-refractivity contribution in [1.29, 1.82) is 0 Å².